The highest BCUT2D eigenvalue weighted by Gasteiger charge is 2.35. The van der Waals surface area contributed by atoms with E-state index in [0.29, 0.717) is 5.41 Å². The molecule has 0 atom stereocenters. The van der Waals surface area contributed by atoms with Crippen molar-refractivity contribution in [2.45, 2.75) is 33.1 Å². The van der Waals surface area contributed by atoms with E-state index in [4.69, 9.17) is 0 Å². The molecule has 0 heterocycles. The van der Waals surface area contributed by atoms with Crippen molar-refractivity contribution < 1.29 is 0 Å². The lowest BCUT2D eigenvalue weighted by Gasteiger charge is -2.22. The van der Waals surface area contributed by atoms with Gasteiger partial charge in [0, 0.05) is 3.58 Å². The first-order valence-electron chi connectivity index (χ1n) is 6.23. The lowest BCUT2D eigenvalue weighted by molar-refractivity contribution is 0.476. The summed E-state index contributed by atoms with van der Waals surface area (Å²) in [7, 11) is 0. The van der Waals surface area contributed by atoms with Crippen LogP contribution < -0.4 is 0 Å². The van der Waals surface area contributed by atoms with Crippen LogP contribution in [-0.4, -0.2) is 0 Å². The Labute approximate surface area is 137 Å². The molecule has 2 rings (SSSR count). The Hall–Kier alpha value is 0.160. The van der Waals surface area contributed by atoms with Crippen molar-refractivity contribution in [1.82, 2.24) is 0 Å². The van der Waals surface area contributed by atoms with Crippen LogP contribution in [-0.2, 0) is 0 Å². The first kappa shape index (κ1) is 14.6. The zero-order chi connectivity index (χ0) is 13.3. The second-order valence-corrected chi connectivity index (χ2v) is 8.12. The maximum absolute atomic E-state index is 3.80. The molecule has 0 unspecified atom stereocenters. The van der Waals surface area contributed by atoms with E-state index in [-0.39, 0.29) is 0 Å². The van der Waals surface area contributed by atoms with Crippen LogP contribution in [0.25, 0.3) is 0 Å². The van der Waals surface area contributed by atoms with Crippen LogP contribution in [0.3, 0.4) is 0 Å². The Morgan fingerprint density at radius 3 is 2.78 bits per heavy atom. The molecule has 18 heavy (non-hydrogen) atoms. The van der Waals surface area contributed by atoms with Gasteiger partial charge in [-0.25, -0.2) is 0 Å². The average molecular weight is 464 g/mol. The van der Waals surface area contributed by atoms with Crippen LogP contribution in [0.4, 0.5) is 0 Å². The van der Waals surface area contributed by atoms with Gasteiger partial charge in [0.05, 0.1) is 0 Å². The Kier molecular flexibility index (Phi) is 4.57. The first-order valence-corrected chi connectivity index (χ1v) is 8.38. The molecule has 0 bridgehead atoms. The van der Waals surface area contributed by atoms with Crippen molar-refractivity contribution in [3.8, 4) is 0 Å². The number of rotatable bonds is 2. The predicted octanol–water partition coefficient (Wildman–Crippen LogP) is 6.26. The third kappa shape index (κ3) is 3.00. The van der Waals surface area contributed by atoms with Crippen molar-refractivity contribution in [1.29, 1.82) is 0 Å². The maximum Gasteiger partial charge on any atom is 0.0124 e. The number of halogens is 2. The minimum Gasteiger partial charge on any atom is -0.0980 e. The summed E-state index contributed by atoms with van der Waals surface area (Å²) < 4.78 is 2.70. The Balaban J connectivity index is 2.40. The molecular formula is C16H18I2. The van der Waals surface area contributed by atoms with Gasteiger partial charge in [0.2, 0.25) is 0 Å². The molecule has 0 spiro atoms. The molecule has 2 aliphatic carbocycles. The van der Waals surface area contributed by atoms with Crippen LogP contribution in [0.15, 0.2) is 54.8 Å². The molecule has 0 radical (unpaired) electrons. The molecule has 2 aliphatic rings. The van der Waals surface area contributed by atoms with E-state index < -0.39 is 0 Å². The molecular weight excluding hydrogens is 446 g/mol. The second-order valence-electron chi connectivity index (χ2n) is 5.49. The van der Waals surface area contributed by atoms with Gasteiger partial charge in [-0.15, -0.1) is 0 Å². The number of hydrogen-bond acceptors (Lipinski definition) is 0. The van der Waals surface area contributed by atoms with Gasteiger partial charge in [-0.3, -0.25) is 0 Å². The Morgan fingerprint density at radius 1 is 1.39 bits per heavy atom. The van der Waals surface area contributed by atoms with Gasteiger partial charge in [-0.1, -0.05) is 32.6 Å². The van der Waals surface area contributed by atoms with Gasteiger partial charge < -0.3 is 0 Å². The van der Waals surface area contributed by atoms with Crippen LogP contribution in [0, 0.1) is 5.41 Å². The second kappa shape index (κ2) is 5.65. The third-order valence-electron chi connectivity index (χ3n) is 3.63. The van der Waals surface area contributed by atoms with Crippen molar-refractivity contribution >= 4 is 45.2 Å². The fraction of sp³-hybridized carbons (Fsp3) is 0.375. The highest BCUT2D eigenvalue weighted by molar-refractivity contribution is 14.1. The standard InChI is InChI=1S/C16H18I2/c1-4-12(17)6-5-11-10-16(2,3)15-9-13(18)7-8-14(11)15/h4-6,9H,1,7-8,10H2,2-3H3/b11-5+,12-6+. The molecule has 0 aromatic carbocycles. The maximum atomic E-state index is 3.80. The van der Waals surface area contributed by atoms with Crippen LogP contribution in [0.2, 0.25) is 0 Å². The quantitative estimate of drug-likeness (QED) is 0.335. The molecule has 96 valence electrons. The number of allylic oxidation sites excluding steroid dienone is 9. The fourth-order valence-electron chi connectivity index (χ4n) is 2.72. The van der Waals surface area contributed by atoms with E-state index in [0.717, 1.165) is 6.42 Å². The summed E-state index contributed by atoms with van der Waals surface area (Å²) in [4.78, 5) is 0. The highest BCUT2D eigenvalue weighted by atomic mass is 127. The number of hydrogen-bond donors (Lipinski definition) is 0. The van der Waals surface area contributed by atoms with Gasteiger partial charge in [-0.2, -0.15) is 0 Å². The molecule has 0 nitrogen and oxygen atoms in total. The van der Waals surface area contributed by atoms with Crippen molar-refractivity contribution in [2.75, 3.05) is 0 Å². The molecule has 0 N–H and O–H groups in total. The largest absolute Gasteiger partial charge is 0.0980 e. The van der Waals surface area contributed by atoms with E-state index in [1.807, 2.05) is 6.08 Å². The van der Waals surface area contributed by atoms with Gasteiger partial charge >= 0.3 is 0 Å². The Morgan fingerprint density at radius 2 is 2.11 bits per heavy atom. The van der Waals surface area contributed by atoms with Crippen LogP contribution >= 0.6 is 45.2 Å². The topological polar surface area (TPSA) is 0 Å². The minimum atomic E-state index is 0.297. The van der Waals surface area contributed by atoms with Gasteiger partial charge in [0.25, 0.3) is 0 Å². The van der Waals surface area contributed by atoms with Gasteiger partial charge in [0.15, 0.2) is 0 Å². The van der Waals surface area contributed by atoms with E-state index in [1.165, 1.54) is 25.6 Å². The first-order chi connectivity index (χ1) is 8.44. The molecule has 0 aliphatic heterocycles. The molecule has 0 aromatic heterocycles. The van der Waals surface area contributed by atoms with E-state index >= 15 is 0 Å². The summed E-state index contributed by atoms with van der Waals surface area (Å²) in [6.45, 7) is 8.51. The molecule has 2 heteroatoms. The summed E-state index contributed by atoms with van der Waals surface area (Å²) >= 11 is 4.80. The van der Waals surface area contributed by atoms with Gasteiger partial charge in [0.1, 0.15) is 0 Å². The Bertz CT molecular complexity index is 499. The summed E-state index contributed by atoms with van der Waals surface area (Å²) in [5, 5.41) is 0. The SMILES string of the molecule is C=C/C(I)=C\C=C1/CC(C)(C)C2=C1CCC(I)=C2. The minimum absolute atomic E-state index is 0.297. The van der Waals surface area contributed by atoms with E-state index in [2.05, 4.69) is 83.8 Å². The zero-order valence-electron chi connectivity index (χ0n) is 10.9. The molecule has 0 aromatic rings. The van der Waals surface area contributed by atoms with Crippen LogP contribution in [0.1, 0.15) is 33.1 Å². The predicted molar refractivity (Wildman–Crippen MR) is 97.1 cm³/mol. The highest BCUT2D eigenvalue weighted by Crippen LogP contribution is 2.50. The fourth-order valence-corrected chi connectivity index (χ4v) is 3.48. The summed E-state index contributed by atoms with van der Waals surface area (Å²) in [6.07, 6.45) is 12.3. The lowest BCUT2D eigenvalue weighted by atomic mass is 9.83. The van der Waals surface area contributed by atoms with Crippen molar-refractivity contribution in [3.05, 3.63) is 54.8 Å². The smallest absolute Gasteiger partial charge is 0.0124 e. The van der Waals surface area contributed by atoms with E-state index in [1.54, 1.807) is 11.1 Å². The van der Waals surface area contributed by atoms with Crippen molar-refractivity contribution in [3.63, 3.8) is 0 Å². The molecule has 0 saturated carbocycles. The lowest BCUT2D eigenvalue weighted by Crippen LogP contribution is -2.09. The summed E-state index contributed by atoms with van der Waals surface area (Å²) in [5.74, 6) is 0. The molecule has 0 saturated heterocycles. The third-order valence-corrected chi connectivity index (χ3v) is 5.28. The van der Waals surface area contributed by atoms with E-state index in [9.17, 15) is 0 Å². The molecule has 0 amide bonds. The monoisotopic (exact) mass is 464 g/mol. The normalized spacial score (nSPS) is 25.2. The summed E-state index contributed by atoms with van der Waals surface area (Å²) in [5.41, 5.74) is 4.97. The summed E-state index contributed by atoms with van der Waals surface area (Å²) in [6, 6.07) is 0. The average Bonchev–Trinajstić information content (AvgIpc) is 2.58. The molecule has 0 fully saturated rings. The van der Waals surface area contributed by atoms with Crippen LogP contribution in [0.5, 0.6) is 0 Å². The van der Waals surface area contributed by atoms with Crippen molar-refractivity contribution in [2.24, 2.45) is 5.41 Å². The zero-order valence-corrected chi connectivity index (χ0v) is 15.2. The van der Waals surface area contributed by atoms with Gasteiger partial charge in [-0.05, 0) is 102 Å².